The smallest absolute Gasteiger partial charge is 0.254 e. The van der Waals surface area contributed by atoms with Gasteiger partial charge in [0.05, 0.1) is 5.02 Å². The fraction of sp³-hybridized carbons (Fsp3) is 0.263. The van der Waals surface area contributed by atoms with E-state index in [4.69, 9.17) is 11.6 Å². The molecule has 130 valence electrons. The number of hydrogen-bond donors (Lipinski definition) is 1. The van der Waals surface area contributed by atoms with Crippen LogP contribution in [0, 0.1) is 6.92 Å². The monoisotopic (exact) mass is 358 g/mol. The van der Waals surface area contributed by atoms with Gasteiger partial charge in [0.15, 0.2) is 0 Å². The van der Waals surface area contributed by atoms with Crippen LogP contribution in [0.1, 0.15) is 22.8 Å². The van der Waals surface area contributed by atoms with E-state index in [9.17, 15) is 14.7 Å². The largest absolute Gasteiger partial charge is 0.506 e. The minimum Gasteiger partial charge on any atom is -0.506 e. The van der Waals surface area contributed by atoms with Crippen LogP contribution in [0.2, 0.25) is 5.02 Å². The van der Waals surface area contributed by atoms with Crippen molar-refractivity contribution in [1.29, 1.82) is 0 Å². The van der Waals surface area contributed by atoms with Crippen LogP contribution in [0.25, 0.3) is 0 Å². The lowest BCUT2D eigenvalue weighted by atomic mass is 10.1. The molecule has 1 atom stereocenters. The lowest BCUT2D eigenvalue weighted by Crippen LogP contribution is -2.57. The summed E-state index contributed by atoms with van der Waals surface area (Å²) in [6.07, 6.45) is 0. The Morgan fingerprint density at radius 1 is 1.20 bits per heavy atom. The maximum atomic E-state index is 12.7. The normalized spacial score (nSPS) is 17.7. The van der Waals surface area contributed by atoms with E-state index >= 15 is 0 Å². The first-order chi connectivity index (χ1) is 11.9. The molecule has 3 rings (SSSR count). The molecule has 2 amide bonds. The summed E-state index contributed by atoms with van der Waals surface area (Å²) in [6.45, 7) is 4.34. The lowest BCUT2D eigenvalue weighted by molar-refractivity contribution is -0.121. The zero-order valence-corrected chi connectivity index (χ0v) is 14.8. The average Bonchev–Trinajstić information content (AvgIpc) is 2.59. The number of phenols is 1. The van der Waals surface area contributed by atoms with Gasteiger partial charge in [-0.2, -0.15) is 0 Å². The van der Waals surface area contributed by atoms with E-state index in [0.29, 0.717) is 12.1 Å². The van der Waals surface area contributed by atoms with Gasteiger partial charge in [-0.25, -0.2) is 0 Å². The van der Waals surface area contributed by atoms with Gasteiger partial charge in [-0.05, 0) is 44.2 Å². The van der Waals surface area contributed by atoms with Gasteiger partial charge in [-0.3, -0.25) is 9.59 Å². The molecule has 1 saturated heterocycles. The van der Waals surface area contributed by atoms with Gasteiger partial charge in [-0.1, -0.05) is 29.3 Å². The first-order valence-electron chi connectivity index (χ1n) is 8.03. The van der Waals surface area contributed by atoms with Gasteiger partial charge >= 0.3 is 0 Å². The minimum atomic E-state index is -0.272. The summed E-state index contributed by atoms with van der Waals surface area (Å²) in [7, 11) is 0. The molecule has 0 bridgehead atoms. The highest BCUT2D eigenvalue weighted by Crippen LogP contribution is 2.26. The number of hydrogen-bond acceptors (Lipinski definition) is 3. The summed E-state index contributed by atoms with van der Waals surface area (Å²) in [5.74, 6) is -0.474. The predicted molar refractivity (Wildman–Crippen MR) is 97.1 cm³/mol. The highest BCUT2D eigenvalue weighted by Gasteiger charge is 2.33. The van der Waals surface area contributed by atoms with E-state index in [1.807, 2.05) is 38.1 Å². The molecule has 1 N–H and O–H groups in total. The summed E-state index contributed by atoms with van der Waals surface area (Å²) < 4.78 is 0. The van der Waals surface area contributed by atoms with Crippen LogP contribution in [0.4, 0.5) is 5.69 Å². The van der Waals surface area contributed by atoms with E-state index in [0.717, 1.165) is 11.3 Å². The highest BCUT2D eigenvalue weighted by molar-refractivity contribution is 6.32. The third-order valence-corrected chi connectivity index (χ3v) is 4.69. The molecule has 6 heteroatoms. The number of aryl methyl sites for hydroxylation is 1. The second-order valence-electron chi connectivity index (χ2n) is 6.29. The van der Waals surface area contributed by atoms with Crippen LogP contribution < -0.4 is 4.90 Å². The number of amides is 2. The maximum absolute atomic E-state index is 12.7. The van der Waals surface area contributed by atoms with Crippen molar-refractivity contribution in [2.45, 2.75) is 19.9 Å². The third kappa shape index (κ3) is 3.46. The maximum Gasteiger partial charge on any atom is 0.254 e. The Bertz CT molecular complexity index is 820. The number of nitrogens with zero attached hydrogens (tertiary/aromatic N) is 2. The molecular formula is C19H19ClN2O3. The molecule has 5 nitrogen and oxygen atoms in total. The molecule has 0 radical (unpaired) electrons. The van der Waals surface area contributed by atoms with Crippen molar-refractivity contribution in [2.24, 2.45) is 0 Å². The molecule has 25 heavy (non-hydrogen) atoms. The molecule has 1 unspecified atom stereocenters. The topological polar surface area (TPSA) is 60.9 Å². The molecule has 2 aromatic carbocycles. The van der Waals surface area contributed by atoms with Crippen molar-refractivity contribution in [1.82, 2.24) is 4.90 Å². The molecule has 0 saturated carbocycles. The zero-order chi connectivity index (χ0) is 18.1. The summed E-state index contributed by atoms with van der Waals surface area (Å²) >= 11 is 5.88. The number of piperazine rings is 1. The summed E-state index contributed by atoms with van der Waals surface area (Å²) in [4.78, 5) is 28.5. The van der Waals surface area contributed by atoms with Crippen LogP contribution in [-0.4, -0.2) is 41.0 Å². The standard InChI is InChI=1S/C19H19ClN2O3/c1-12-3-6-15(7-4-12)22-10-13(2)21(11-18(22)24)19(25)14-5-8-17(23)16(20)9-14/h3-9,13,23H,10-11H2,1-2H3. The number of aromatic hydroxyl groups is 1. The number of carbonyl (C=O) groups excluding carboxylic acids is 2. The van der Waals surface area contributed by atoms with E-state index < -0.39 is 0 Å². The van der Waals surface area contributed by atoms with Crippen LogP contribution >= 0.6 is 11.6 Å². The Morgan fingerprint density at radius 2 is 1.88 bits per heavy atom. The Balaban J connectivity index is 1.79. The van der Waals surface area contributed by atoms with E-state index in [-0.39, 0.29) is 35.2 Å². The Labute approximate surface area is 151 Å². The predicted octanol–water partition coefficient (Wildman–Crippen LogP) is 3.23. The van der Waals surface area contributed by atoms with E-state index in [1.54, 1.807) is 4.90 Å². The number of benzene rings is 2. The summed E-state index contributed by atoms with van der Waals surface area (Å²) in [5, 5.41) is 9.61. The first kappa shape index (κ1) is 17.3. The molecule has 1 heterocycles. The minimum absolute atomic E-state index is 0.00632. The molecular weight excluding hydrogens is 340 g/mol. The van der Waals surface area contributed by atoms with Crippen LogP contribution in [-0.2, 0) is 4.79 Å². The van der Waals surface area contributed by atoms with Crippen molar-refractivity contribution in [3.05, 3.63) is 58.6 Å². The van der Waals surface area contributed by atoms with Crippen molar-refractivity contribution in [3.8, 4) is 5.75 Å². The Kier molecular flexibility index (Phi) is 4.68. The first-order valence-corrected chi connectivity index (χ1v) is 8.41. The second kappa shape index (κ2) is 6.76. The van der Waals surface area contributed by atoms with Gasteiger partial charge in [-0.15, -0.1) is 0 Å². The molecule has 0 spiro atoms. The zero-order valence-electron chi connectivity index (χ0n) is 14.1. The second-order valence-corrected chi connectivity index (χ2v) is 6.70. The van der Waals surface area contributed by atoms with Crippen LogP contribution in [0.3, 0.4) is 0 Å². The SMILES string of the molecule is Cc1ccc(N2CC(C)N(C(=O)c3ccc(O)c(Cl)c3)CC2=O)cc1. The van der Waals surface area contributed by atoms with Crippen LogP contribution in [0.15, 0.2) is 42.5 Å². The van der Waals surface area contributed by atoms with Crippen molar-refractivity contribution < 1.29 is 14.7 Å². The fourth-order valence-electron chi connectivity index (χ4n) is 2.90. The molecule has 0 aromatic heterocycles. The van der Waals surface area contributed by atoms with Crippen molar-refractivity contribution >= 4 is 29.1 Å². The number of phenolic OH excluding ortho intramolecular Hbond substituents is 1. The van der Waals surface area contributed by atoms with Crippen molar-refractivity contribution in [2.75, 3.05) is 18.0 Å². The number of halogens is 1. The molecule has 1 fully saturated rings. The average molecular weight is 359 g/mol. The molecule has 0 aliphatic carbocycles. The quantitative estimate of drug-likeness (QED) is 0.896. The lowest BCUT2D eigenvalue weighted by Gasteiger charge is -2.39. The number of anilines is 1. The number of rotatable bonds is 2. The van der Waals surface area contributed by atoms with Gasteiger partial charge in [0, 0.05) is 23.8 Å². The third-order valence-electron chi connectivity index (χ3n) is 4.39. The molecule has 2 aromatic rings. The summed E-state index contributed by atoms with van der Waals surface area (Å²) in [6, 6.07) is 11.9. The summed E-state index contributed by atoms with van der Waals surface area (Å²) in [5.41, 5.74) is 2.32. The molecule has 1 aliphatic heterocycles. The highest BCUT2D eigenvalue weighted by atomic mass is 35.5. The molecule has 1 aliphatic rings. The van der Waals surface area contributed by atoms with Gasteiger partial charge in [0.2, 0.25) is 5.91 Å². The van der Waals surface area contributed by atoms with E-state index in [1.165, 1.54) is 23.1 Å². The Morgan fingerprint density at radius 3 is 2.52 bits per heavy atom. The van der Waals surface area contributed by atoms with Crippen molar-refractivity contribution in [3.63, 3.8) is 0 Å². The number of carbonyl (C=O) groups is 2. The Hall–Kier alpha value is -2.53. The fourth-order valence-corrected chi connectivity index (χ4v) is 3.08. The van der Waals surface area contributed by atoms with E-state index in [2.05, 4.69) is 0 Å². The van der Waals surface area contributed by atoms with Gasteiger partial charge in [0.25, 0.3) is 5.91 Å². The van der Waals surface area contributed by atoms with Gasteiger partial charge in [0.1, 0.15) is 12.3 Å². The van der Waals surface area contributed by atoms with Crippen LogP contribution in [0.5, 0.6) is 5.75 Å². The van der Waals surface area contributed by atoms with Gasteiger partial charge < -0.3 is 14.9 Å².